The van der Waals surface area contributed by atoms with Crippen LogP contribution >= 0.6 is 0 Å². The Kier molecular flexibility index (Phi) is 6.57. The van der Waals surface area contributed by atoms with E-state index in [9.17, 15) is 19.8 Å². The molecule has 2 aromatic rings. The number of benzene rings is 2. The number of carbonyl (C=O) groups excluding carboxylic acids is 2. The zero-order valence-electron chi connectivity index (χ0n) is 17.5. The van der Waals surface area contributed by atoms with Crippen molar-refractivity contribution in [2.45, 2.75) is 39.3 Å². The lowest BCUT2D eigenvalue weighted by atomic mass is 9.95. The Morgan fingerprint density at radius 2 is 1.70 bits per heavy atom. The van der Waals surface area contributed by atoms with E-state index in [0.717, 1.165) is 12.0 Å². The molecule has 1 aliphatic rings. The number of ketones is 1. The number of aliphatic hydroxyl groups excluding tert-OH is 1. The van der Waals surface area contributed by atoms with E-state index < -0.39 is 17.7 Å². The van der Waals surface area contributed by atoms with Crippen LogP contribution in [0, 0.1) is 0 Å². The number of aryl methyl sites for hydroxylation is 1. The number of phenolic OH excluding ortho intramolecular Hbond substituents is 1. The molecule has 1 amide bonds. The fourth-order valence-corrected chi connectivity index (χ4v) is 3.55. The molecule has 0 saturated carbocycles. The number of carbonyl (C=O) groups is 2. The SMILES string of the molecule is CCc1ccc(/C(O)=C2/C(=O)C(=O)N(CCOC(C)C)C2c2ccc(O)cc2)cc1. The van der Waals surface area contributed by atoms with Crippen LogP contribution in [0.1, 0.15) is 43.5 Å². The molecule has 6 heteroatoms. The van der Waals surface area contributed by atoms with Gasteiger partial charge in [0.2, 0.25) is 0 Å². The third-order valence-electron chi connectivity index (χ3n) is 5.17. The number of phenols is 1. The summed E-state index contributed by atoms with van der Waals surface area (Å²) in [5, 5.41) is 20.6. The van der Waals surface area contributed by atoms with Gasteiger partial charge in [0.15, 0.2) is 0 Å². The van der Waals surface area contributed by atoms with Crippen molar-refractivity contribution in [3.05, 3.63) is 70.8 Å². The van der Waals surface area contributed by atoms with Crippen molar-refractivity contribution in [2.75, 3.05) is 13.2 Å². The van der Waals surface area contributed by atoms with E-state index in [1.54, 1.807) is 24.3 Å². The van der Waals surface area contributed by atoms with Gasteiger partial charge in [0.1, 0.15) is 11.5 Å². The first-order chi connectivity index (χ1) is 14.3. The van der Waals surface area contributed by atoms with Crippen molar-refractivity contribution in [3.63, 3.8) is 0 Å². The third-order valence-corrected chi connectivity index (χ3v) is 5.17. The Bertz CT molecular complexity index is 945. The molecule has 0 spiro atoms. The Labute approximate surface area is 176 Å². The number of nitrogens with zero attached hydrogens (tertiary/aromatic N) is 1. The highest BCUT2D eigenvalue weighted by Gasteiger charge is 2.45. The maximum absolute atomic E-state index is 12.9. The summed E-state index contributed by atoms with van der Waals surface area (Å²) >= 11 is 0. The molecule has 0 aromatic heterocycles. The van der Waals surface area contributed by atoms with Crippen molar-refractivity contribution in [3.8, 4) is 5.75 Å². The second kappa shape index (κ2) is 9.13. The second-order valence-electron chi connectivity index (χ2n) is 7.55. The number of amides is 1. The van der Waals surface area contributed by atoms with Crippen molar-refractivity contribution in [1.29, 1.82) is 0 Å². The van der Waals surface area contributed by atoms with Crippen LogP contribution in [0.15, 0.2) is 54.1 Å². The van der Waals surface area contributed by atoms with Gasteiger partial charge >= 0.3 is 0 Å². The predicted molar refractivity (Wildman–Crippen MR) is 114 cm³/mol. The third kappa shape index (κ3) is 4.39. The minimum Gasteiger partial charge on any atom is -0.508 e. The Hall–Kier alpha value is -3.12. The molecule has 6 nitrogen and oxygen atoms in total. The molecule has 2 N–H and O–H groups in total. The Morgan fingerprint density at radius 1 is 1.07 bits per heavy atom. The highest BCUT2D eigenvalue weighted by molar-refractivity contribution is 6.46. The monoisotopic (exact) mass is 409 g/mol. The van der Waals surface area contributed by atoms with Gasteiger partial charge in [-0.2, -0.15) is 0 Å². The summed E-state index contributed by atoms with van der Waals surface area (Å²) in [6, 6.07) is 12.8. The predicted octanol–water partition coefficient (Wildman–Crippen LogP) is 3.80. The highest BCUT2D eigenvalue weighted by Crippen LogP contribution is 2.39. The molecule has 2 aromatic carbocycles. The molecule has 0 radical (unpaired) electrons. The number of hydrogen-bond donors (Lipinski definition) is 2. The molecule has 1 aliphatic heterocycles. The number of Topliss-reactive ketones (excluding diaryl/α,β-unsaturated/α-hetero) is 1. The minimum atomic E-state index is -0.757. The van der Waals surface area contributed by atoms with Gasteiger partial charge in [-0.05, 0) is 43.5 Å². The summed E-state index contributed by atoms with van der Waals surface area (Å²) in [5.74, 6) is -1.53. The summed E-state index contributed by atoms with van der Waals surface area (Å²) in [7, 11) is 0. The fraction of sp³-hybridized carbons (Fsp3) is 0.333. The zero-order valence-corrected chi connectivity index (χ0v) is 17.5. The van der Waals surface area contributed by atoms with E-state index in [0.29, 0.717) is 11.1 Å². The summed E-state index contributed by atoms with van der Waals surface area (Å²) < 4.78 is 5.57. The van der Waals surface area contributed by atoms with Crippen LogP contribution < -0.4 is 0 Å². The maximum Gasteiger partial charge on any atom is 0.295 e. The van der Waals surface area contributed by atoms with Gasteiger partial charge in [-0.25, -0.2) is 0 Å². The average Bonchev–Trinajstić information content (AvgIpc) is 2.98. The van der Waals surface area contributed by atoms with Gasteiger partial charge in [-0.15, -0.1) is 0 Å². The fourth-order valence-electron chi connectivity index (χ4n) is 3.55. The molecule has 1 saturated heterocycles. The number of likely N-dealkylation sites (tertiary alicyclic amines) is 1. The lowest BCUT2D eigenvalue weighted by molar-refractivity contribution is -0.140. The summed E-state index contributed by atoms with van der Waals surface area (Å²) in [6.45, 7) is 6.30. The van der Waals surface area contributed by atoms with Crippen molar-refractivity contribution in [1.82, 2.24) is 4.90 Å². The molecule has 1 heterocycles. The van der Waals surface area contributed by atoms with E-state index in [1.807, 2.05) is 32.9 Å². The molecule has 0 aliphatic carbocycles. The van der Waals surface area contributed by atoms with Crippen LogP contribution in [-0.2, 0) is 20.7 Å². The summed E-state index contributed by atoms with van der Waals surface area (Å²) in [4.78, 5) is 27.1. The number of hydrogen-bond acceptors (Lipinski definition) is 5. The van der Waals surface area contributed by atoms with Gasteiger partial charge in [0.25, 0.3) is 11.7 Å². The Balaban J connectivity index is 2.06. The lowest BCUT2D eigenvalue weighted by Crippen LogP contribution is -2.33. The van der Waals surface area contributed by atoms with E-state index in [2.05, 4.69) is 0 Å². The minimum absolute atomic E-state index is 0.00831. The van der Waals surface area contributed by atoms with Crippen LogP contribution in [0.4, 0.5) is 0 Å². The first-order valence-corrected chi connectivity index (χ1v) is 10.1. The molecular weight excluding hydrogens is 382 g/mol. The molecular formula is C24H27NO5. The summed E-state index contributed by atoms with van der Waals surface area (Å²) in [6.07, 6.45) is 0.848. The smallest absolute Gasteiger partial charge is 0.295 e. The van der Waals surface area contributed by atoms with Crippen molar-refractivity contribution in [2.24, 2.45) is 0 Å². The van der Waals surface area contributed by atoms with Crippen LogP contribution in [0.5, 0.6) is 5.75 Å². The van der Waals surface area contributed by atoms with E-state index in [4.69, 9.17) is 4.74 Å². The van der Waals surface area contributed by atoms with Gasteiger partial charge in [0, 0.05) is 12.1 Å². The first kappa shape index (κ1) is 21.6. The second-order valence-corrected chi connectivity index (χ2v) is 7.55. The normalized spacial score (nSPS) is 18.4. The van der Waals surface area contributed by atoms with E-state index in [1.165, 1.54) is 17.0 Å². The van der Waals surface area contributed by atoms with Gasteiger partial charge in [0.05, 0.1) is 24.3 Å². The van der Waals surface area contributed by atoms with E-state index in [-0.39, 0.29) is 36.3 Å². The maximum atomic E-state index is 12.9. The highest BCUT2D eigenvalue weighted by atomic mass is 16.5. The largest absolute Gasteiger partial charge is 0.508 e. The van der Waals surface area contributed by atoms with Crippen LogP contribution in [0.3, 0.4) is 0 Å². The molecule has 3 rings (SSSR count). The topological polar surface area (TPSA) is 87.1 Å². The Morgan fingerprint density at radius 3 is 2.27 bits per heavy atom. The number of ether oxygens (including phenoxy) is 1. The number of rotatable bonds is 7. The molecule has 0 bridgehead atoms. The van der Waals surface area contributed by atoms with Crippen LogP contribution in [0.25, 0.3) is 5.76 Å². The number of aromatic hydroxyl groups is 1. The van der Waals surface area contributed by atoms with Crippen LogP contribution in [0.2, 0.25) is 0 Å². The quantitative estimate of drug-likeness (QED) is 0.413. The summed E-state index contributed by atoms with van der Waals surface area (Å²) in [5.41, 5.74) is 2.25. The standard InChI is InChI=1S/C24H27NO5/c1-4-16-5-7-18(8-6-16)22(27)20-21(17-9-11-19(26)12-10-17)25(24(29)23(20)28)13-14-30-15(2)3/h5-12,15,21,26-27H,4,13-14H2,1-3H3/b22-20-. The van der Waals surface area contributed by atoms with Crippen molar-refractivity contribution >= 4 is 17.4 Å². The molecule has 1 atom stereocenters. The average molecular weight is 409 g/mol. The first-order valence-electron chi connectivity index (χ1n) is 10.1. The van der Waals surface area contributed by atoms with E-state index >= 15 is 0 Å². The molecule has 1 unspecified atom stereocenters. The van der Waals surface area contributed by atoms with Crippen molar-refractivity contribution < 1.29 is 24.5 Å². The zero-order chi connectivity index (χ0) is 21.8. The number of aliphatic hydroxyl groups is 1. The van der Waals surface area contributed by atoms with Gasteiger partial charge < -0.3 is 19.8 Å². The van der Waals surface area contributed by atoms with Crippen LogP contribution in [-0.4, -0.2) is 46.1 Å². The molecule has 30 heavy (non-hydrogen) atoms. The van der Waals surface area contributed by atoms with Gasteiger partial charge in [-0.1, -0.05) is 43.3 Å². The molecule has 158 valence electrons. The molecule has 1 fully saturated rings. The lowest BCUT2D eigenvalue weighted by Gasteiger charge is -2.25. The van der Waals surface area contributed by atoms with Gasteiger partial charge in [-0.3, -0.25) is 9.59 Å².